The molecule has 0 saturated heterocycles. The van der Waals surface area contributed by atoms with E-state index in [2.05, 4.69) is 9.97 Å². The van der Waals surface area contributed by atoms with Crippen LogP contribution in [0.1, 0.15) is 16.2 Å². The SMILES string of the molecule is Cc1[nH]c(-c2ccc3c(c2)OCO3)nc1C=O. The lowest BCUT2D eigenvalue weighted by molar-refractivity contribution is 0.111. The second kappa shape index (κ2) is 3.62. The maximum atomic E-state index is 10.7. The number of nitrogens with one attached hydrogen (secondary N) is 1. The molecule has 1 aromatic heterocycles. The summed E-state index contributed by atoms with van der Waals surface area (Å²) in [7, 11) is 0. The monoisotopic (exact) mass is 230 g/mol. The van der Waals surface area contributed by atoms with Gasteiger partial charge in [0.05, 0.1) is 0 Å². The van der Waals surface area contributed by atoms with Crippen molar-refractivity contribution in [3.8, 4) is 22.9 Å². The molecule has 0 radical (unpaired) electrons. The summed E-state index contributed by atoms with van der Waals surface area (Å²) in [4.78, 5) is 18.0. The molecule has 0 aliphatic carbocycles. The number of aromatic nitrogens is 2. The number of fused-ring (bicyclic) bond motifs is 1. The van der Waals surface area contributed by atoms with Crippen LogP contribution in [-0.4, -0.2) is 23.0 Å². The minimum Gasteiger partial charge on any atom is -0.454 e. The molecule has 3 rings (SSSR count). The van der Waals surface area contributed by atoms with E-state index < -0.39 is 0 Å². The van der Waals surface area contributed by atoms with Gasteiger partial charge in [-0.3, -0.25) is 4.79 Å². The average Bonchev–Trinajstić information content (AvgIpc) is 2.93. The van der Waals surface area contributed by atoms with Gasteiger partial charge in [0, 0.05) is 11.3 Å². The number of hydrogen-bond acceptors (Lipinski definition) is 4. The van der Waals surface area contributed by atoms with Crippen molar-refractivity contribution in [3.63, 3.8) is 0 Å². The fourth-order valence-electron chi connectivity index (χ4n) is 1.77. The predicted octanol–water partition coefficient (Wildman–Crippen LogP) is 1.93. The zero-order chi connectivity index (χ0) is 11.8. The molecule has 0 atom stereocenters. The van der Waals surface area contributed by atoms with Crippen molar-refractivity contribution in [1.82, 2.24) is 9.97 Å². The molecular weight excluding hydrogens is 220 g/mol. The molecule has 0 unspecified atom stereocenters. The number of carbonyl (C=O) groups is 1. The Morgan fingerprint density at radius 3 is 2.94 bits per heavy atom. The Bertz CT molecular complexity index is 589. The third-order valence-electron chi connectivity index (χ3n) is 2.68. The second-order valence-corrected chi connectivity index (χ2v) is 3.78. The van der Waals surface area contributed by atoms with E-state index in [-0.39, 0.29) is 6.79 Å². The zero-order valence-electron chi connectivity index (χ0n) is 9.19. The molecule has 0 amide bonds. The van der Waals surface area contributed by atoms with Crippen LogP contribution in [0, 0.1) is 6.92 Å². The summed E-state index contributed by atoms with van der Waals surface area (Å²) in [6.45, 7) is 2.06. The Labute approximate surface area is 97.4 Å². The summed E-state index contributed by atoms with van der Waals surface area (Å²) in [5.74, 6) is 2.08. The number of H-pyrrole nitrogens is 1. The van der Waals surface area contributed by atoms with Crippen molar-refractivity contribution in [2.24, 2.45) is 0 Å². The molecule has 1 aliphatic rings. The van der Waals surface area contributed by atoms with Gasteiger partial charge in [0.25, 0.3) is 0 Å². The maximum Gasteiger partial charge on any atom is 0.231 e. The molecule has 0 saturated carbocycles. The van der Waals surface area contributed by atoms with E-state index in [0.29, 0.717) is 17.3 Å². The van der Waals surface area contributed by atoms with Gasteiger partial charge in [-0.2, -0.15) is 0 Å². The minimum absolute atomic E-state index is 0.246. The summed E-state index contributed by atoms with van der Waals surface area (Å²) < 4.78 is 10.5. The third-order valence-corrected chi connectivity index (χ3v) is 2.68. The Balaban J connectivity index is 2.06. The van der Waals surface area contributed by atoms with Gasteiger partial charge in [0.1, 0.15) is 11.5 Å². The number of carbonyl (C=O) groups excluding carboxylic acids is 1. The van der Waals surface area contributed by atoms with E-state index in [9.17, 15) is 4.79 Å². The molecule has 5 nitrogen and oxygen atoms in total. The highest BCUT2D eigenvalue weighted by Gasteiger charge is 2.15. The minimum atomic E-state index is 0.246. The number of nitrogens with zero attached hydrogens (tertiary/aromatic N) is 1. The summed E-state index contributed by atoms with van der Waals surface area (Å²) >= 11 is 0. The molecule has 2 heterocycles. The van der Waals surface area contributed by atoms with Crippen molar-refractivity contribution in [2.75, 3.05) is 6.79 Å². The van der Waals surface area contributed by atoms with Gasteiger partial charge in [0.15, 0.2) is 17.8 Å². The molecule has 0 fully saturated rings. The quantitative estimate of drug-likeness (QED) is 0.800. The van der Waals surface area contributed by atoms with E-state index in [0.717, 1.165) is 23.3 Å². The first-order valence-corrected chi connectivity index (χ1v) is 5.20. The molecule has 0 spiro atoms. The number of aldehydes is 1. The lowest BCUT2D eigenvalue weighted by Crippen LogP contribution is -1.92. The molecule has 0 bridgehead atoms. The molecule has 17 heavy (non-hydrogen) atoms. The van der Waals surface area contributed by atoms with Gasteiger partial charge in [-0.15, -0.1) is 0 Å². The van der Waals surface area contributed by atoms with Crippen LogP contribution in [0.5, 0.6) is 11.5 Å². The Morgan fingerprint density at radius 1 is 1.35 bits per heavy atom. The highest BCUT2D eigenvalue weighted by atomic mass is 16.7. The lowest BCUT2D eigenvalue weighted by Gasteiger charge is -1.99. The molecule has 5 heteroatoms. The molecule has 2 aromatic rings. The average molecular weight is 230 g/mol. The zero-order valence-corrected chi connectivity index (χ0v) is 9.19. The number of ether oxygens (including phenoxy) is 2. The van der Waals surface area contributed by atoms with Gasteiger partial charge < -0.3 is 14.5 Å². The number of benzene rings is 1. The third kappa shape index (κ3) is 1.56. The fourth-order valence-corrected chi connectivity index (χ4v) is 1.77. The summed E-state index contributed by atoms with van der Waals surface area (Å²) in [5, 5.41) is 0. The van der Waals surface area contributed by atoms with Crippen molar-refractivity contribution in [2.45, 2.75) is 6.92 Å². The predicted molar refractivity (Wildman–Crippen MR) is 60.3 cm³/mol. The maximum absolute atomic E-state index is 10.7. The Hall–Kier alpha value is -2.30. The number of aromatic amines is 1. The van der Waals surface area contributed by atoms with Gasteiger partial charge in [-0.05, 0) is 25.1 Å². The van der Waals surface area contributed by atoms with E-state index >= 15 is 0 Å². The van der Waals surface area contributed by atoms with E-state index in [4.69, 9.17) is 9.47 Å². The smallest absolute Gasteiger partial charge is 0.231 e. The number of hydrogen-bond donors (Lipinski definition) is 1. The van der Waals surface area contributed by atoms with Crippen LogP contribution >= 0.6 is 0 Å². The first-order chi connectivity index (χ1) is 8.28. The Kier molecular flexibility index (Phi) is 2.11. The number of aryl methyl sites for hydroxylation is 1. The largest absolute Gasteiger partial charge is 0.454 e. The van der Waals surface area contributed by atoms with Crippen LogP contribution in [-0.2, 0) is 0 Å². The molecule has 86 valence electrons. The van der Waals surface area contributed by atoms with Crippen LogP contribution in [0.25, 0.3) is 11.4 Å². The standard InChI is InChI=1S/C12H10N2O3/c1-7-9(5-15)14-12(13-7)8-2-3-10-11(4-8)17-6-16-10/h2-5H,6H2,1H3,(H,13,14). The van der Waals surface area contributed by atoms with E-state index in [1.165, 1.54) is 0 Å². The van der Waals surface area contributed by atoms with Crippen molar-refractivity contribution in [1.29, 1.82) is 0 Å². The van der Waals surface area contributed by atoms with Gasteiger partial charge in [0.2, 0.25) is 6.79 Å². The van der Waals surface area contributed by atoms with Crippen molar-refractivity contribution >= 4 is 6.29 Å². The van der Waals surface area contributed by atoms with Crippen LogP contribution < -0.4 is 9.47 Å². The Morgan fingerprint density at radius 2 is 2.18 bits per heavy atom. The topological polar surface area (TPSA) is 64.2 Å². The fraction of sp³-hybridized carbons (Fsp3) is 0.167. The van der Waals surface area contributed by atoms with Crippen LogP contribution in [0.3, 0.4) is 0 Å². The molecule has 1 aliphatic heterocycles. The van der Waals surface area contributed by atoms with Crippen molar-refractivity contribution in [3.05, 3.63) is 29.6 Å². The number of imidazole rings is 1. The lowest BCUT2D eigenvalue weighted by atomic mass is 10.2. The van der Waals surface area contributed by atoms with E-state index in [1.54, 1.807) is 0 Å². The summed E-state index contributed by atoms with van der Waals surface area (Å²) in [6, 6.07) is 5.55. The molecular formula is C12H10N2O3. The second-order valence-electron chi connectivity index (χ2n) is 3.78. The van der Waals surface area contributed by atoms with Gasteiger partial charge in [-0.25, -0.2) is 4.98 Å². The highest BCUT2D eigenvalue weighted by molar-refractivity contribution is 5.76. The normalized spacial score (nSPS) is 12.8. The highest BCUT2D eigenvalue weighted by Crippen LogP contribution is 2.35. The van der Waals surface area contributed by atoms with Crippen LogP contribution in [0.15, 0.2) is 18.2 Å². The first kappa shape index (κ1) is 9.89. The van der Waals surface area contributed by atoms with Gasteiger partial charge in [-0.1, -0.05) is 0 Å². The molecule has 1 aromatic carbocycles. The van der Waals surface area contributed by atoms with E-state index in [1.807, 2.05) is 25.1 Å². The number of rotatable bonds is 2. The van der Waals surface area contributed by atoms with Gasteiger partial charge >= 0.3 is 0 Å². The summed E-state index contributed by atoms with van der Waals surface area (Å²) in [6.07, 6.45) is 0.738. The van der Waals surface area contributed by atoms with Crippen LogP contribution in [0.4, 0.5) is 0 Å². The molecule has 1 N–H and O–H groups in total. The van der Waals surface area contributed by atoms with Crippen molar-refractivity contribution < 1.29 is 14.3 Å². The van der Waals surface area contributed by atoms with Crippen LogP contribution in [0.2, 0.25) is 0 Å². The summed E-state index contributed by atoms with van der Waals surface area (Å²) in [5.41, 5.74) is 2.05. The first-order valence-electron chi connectivity index (χ1n) is 5.20.